The summed E-state index contributed by atoms with van der Waals surface area (Å²) in [6.07, 6.45) is 1.60. The molecule has 20 heavy (non-hydrogen) atoms. The molecule has 0 aliphatic heterocycles. The van der Waals surface area contributed by atoms with E-state index in [1.807, 2.05) is 13.8 Å². The van der Waals surface area contributed by atoms with Gasteiger partial charge in [0.05, 0.1) is 5.60 Å². The number of benzene rings is 1. The van der Waals surface area contributed by atoms with Crippen LogP contribution >= 0.6 is 0 Å². The third kappa shape index (κ3) is 4.94. The van der Waals surface area contributed by atoms with E-state index in [0.29, 0.717) is 10.6 Å². The van der Waals surface area contributed by atoms with Crippen molar-refractivity contribution >= 4 is 22.5 Å². The number of hydrogen-bond acceptors (Lipinski definition) is 3. The van der Waals surface area contributed by atoms with Crippen LogP contribution < -0.4 is 10.6 Å². The molecule has 0 bridgehead atoms. The Morgan fingerprint density at radius 3 is 2.35 bits per heavy atom. The standard InChI is InChI=1S/C14H22N2O3S/c1-10(2)14(3,18)9-15-13(17)16-11-5-7-12(8-6-11)20(4)19/h5-8,10,18H,9H2,1-4H3,(H2,15,16,17). The summed E-state index contributed by atoms with van der Waals surface area (Å²) < 4.78 is 11.2. The molecule has 1 aromatic rings. The topological polar surface area (TPSA) is 78.4 Å². The summed E-state index contributed by atoms with van der Waals surface area (Å²) >= 11 is 0. The Labute approximate surface area is 122 Å². The molecule has 0 aliphatic rings. The smallest absolute Gasteiger partial charge is 0.319 e. The first kappa shape index (κ1) is 16.7. The zero-order chi connectivity index (χ0) is 15.3. The van der Waals surface area contributed by atoms with Crippen molar-refractivity contribution in [2.24, 2.45) is 5.92 Å². The molecule has 2 unspecified atom stereocenters. The lowest BCUT2D eigenvalue weighted by Gasteiger charge is -2.27. The number of carbonyl (C=O) groups excluding carboxylic acids is 1. The van der Waals surface area contributed by atoms with Crippen LogP contribution in [0, 0.1) is 5.92 Å². The van der Waals surface area contributed by atoms with Crippen molar-refractivity contribution in [3.8, 4) is 0 Å². The molecular formula is C14H22N2O3S. The largest absolute Gasteiger partial charge is 0.388 e. The van der Waals surface area contributed by atoms with Crippen molar-refractivity contribution < 1.29 is 14.1 Å². The number of hydrogen-bond donors (Lipinski definition) is 3. The van der Waals surface area contributed by atoms with Crippen LogP contribution in [0.5, 0.6) is 0 Å². The first-order chi connectivity index (χ1) is 9.22. The highest BCUT2D eigenvalue weighted by molar-refractivity contribution is 7.84. The van der Waals surface area contributed by atoms with E-state index >= 15 is 0 Å². The molecule has 0 saturated carbocycles. The Morgan fingerprint density at radius 1 is 1.35 bits per heavy atom. The van der Waals surface area contributed by atoms with Gasteiger partial charge >= 0.3 is 6.03 Å². The van der Waals surface area contributed by atoms with Gasteiger partial charge in [-0.15, -0.1) is 0 Å². The first-order valence-electron chi connectivity index (χ1n) is 6.43. The van der Waals surface area contributed by atoms with Gasteiger partial charge in [-0.2, -0.15) is 0 Å². The number of aliphatic hydroxyl groups is 1. The number of rotatable bonds is 5. The van der Waals surface area contributed by atoms with E-state index in [1.165, 1.54) is 0 Å². The van der Waals surface area contributed by atoms with Crippen LogP contribution in [0.15, 0.2) is 29.2 Å². The van der Waals surface area contributed by atoms with Gasteiger partial charge in [0, 0.05) is 34.2 Å². The molecule has 0 fully saturated rings. The van der Waals surface area contributed by atoms with Crippen molar-refractivity contribution in [1.82, 2.24) is 5.32 Å². The van der Waals surface area contributed by atoms with Gasteiger partial charge in [-0.05, 0) is 37.1 Å². The molecular weight excluding hydrogens is 276 g/mol. The highest BCUT2D eigenvalue weighted by Gasteiger charge is 2.25. The lowest BCUT2D eigenvalue weighted by molar-refractivity contribution is 0.0170. The number of anilines is 1. The summed E-state index contributed by atoms with van der Waals surface area (Å²) in [5.74, 6) is 0.0432. The number of amides is 2. The van der Waals surface area contributed by atoms with Crippen molar-refractivity contribution in [3.05, 3.63) is 24.3 Å². The van der Waals surface area contributed by atoms with Crippen molar-refractivity contribution in [1.29, 1.82) is 0 Å². The average molecular weight is 298 g/mol. The maximum Gasteiger partial charge on any atom is 0.319 e. The molecule has 0 aliphatic carbocycles. The van der Waals surface area contributed by atoms with Gasteiger partial charge in [0.2, 0.25) is 0 Å². The zero-order valence-electron chi connectivity index (χ0n) is 12.3. The Hall–Kier alpha value is -1.40. The van der Waals surface area contributed by atoms with Gasteiger partial charge in [0.15, 0.2) is 0 Å². The fourth-order valence-corrected chi connectivity index (χ4v) is 1.89. The summed E-state index contributed by atoms with van der Waals surface area (Å²) in [6, 6.07) is 6.41. The number of nitrogens with one attached hydrogen (secondary N) is 2. The minimum Gasteiger partial charge on any atom is -0.388 e. The summed E-state index contributed by atoms with van der Waals surface area (Å²) in [4.78, 5) is 12.4. The monoisotopic (exact) mass is 298 g/mol. The van der Waals surface area contributed by atoms with Crippen LogP contribution in [0.2, 0.25) is 0 Å². The molecule has 2 atom stereocenters. The van der Waals surface area contributed by atoms with Crippen LogP contribution in [0.3, 0.4) is 0 Å². The highest BCUT2D eigenvalue weighted by Crippen LogP contribution is 2.15. The predicted molar refractivity (Wildman–Crippen MR) is 81.3 cm³/mol. The van der Waals surface area contributed by atoms with Crippen molar-refractivity contribution in [3.63, 3.8) is 0 Å². The lowest BCUT2D eigenvalue weighted by Crippen LogP contribution is -2.45. The predicted octanol–water partition coefficient (Wildman–Crippen LogP) is 1.95. The van der Waals surface area contributed by atoms with Crippen LogP contribution in [-0.2, 0) is 10.8 Å². The molecule has 0 aromatic heterocycles. The highest BCUT2D eigenvalue weighted by atomic mass is 32.2. The minimum absolute atomic E-state index is 0.0432. The Bertz CT molecular complexity index is 484. The van der Waals surface area contributed by atoms with E-state index in [9.17, 15) is 14.1 Å². The van der Waals surface area contributed by atoms with Gasteiger partial charge in [-0.3, -0.25) is 4.21 Å². The molecule has 6 heteroatoms. The maximum atomic E-state index is 11.7. The fourth-order valence-electron chi connectivity index (χ4n) is 1.37. The van der Waals surface area contributed by atoms with Crippen molar-refractivity contribution in [2.45, 2.75) is 31.3 Å². The summed E-state index contributed by atoms with van der Waals surface area (Å²) in [7, 11) is -1.03. The molecule has 3 N–H and O–H groups in total. The molecule has 0 radical (unpaired) electrons. The molecule has 2 amide bonds. The molecule has 0 saturated heterocycles. The maximum absolute atomic E-state index is 11.7. The molecule has 0 spiro atoms. The van der Waals surface area contributed by atoms with Crippen LogP contribution in [0.4, 0.5) is 10.5 Å². The Morgan fingerprint density at radius 2 is 1.90 bits per heavy atom. The normalized spacial score (nSPS) is 15.5. The van der Waals surface area contributed by atoms with Gasteiger partial charge in [0.1, 0.15) is 0 Å². The van der Waals surface area contributed by atoms with Gasteiger partial charge in [-0.1, -0.05) is 13.8 Å². The average Bonchev–Trinajstić information content (AvgIpc) is 2.37. The van der Waals surface area contributed by atoms with Crippen LogP contribution in [0.25, 0.3) is 0 Å². The van der Waals surface area contributed by atoms with Crippen LogP contribution in [-0.4, -0.2) is 33.7 Å². The zero-order valence-corrected chi connectivity index (χ0v) is 13.1. The third-order valence-electron chi connectivity index (χ3n) is 3.29. The Balaban J connectivity index is 2.52. The minimum atomic E-state index is -1.03. The first-order valence-corrected chi connectivity index (χ1v) is 7.99. The molecule has 5 nitrogen and oxygen atoms in total. The van der Waals surface area contributed by atoms with E-state index in [4.69, 9.17) is 0 Å². The molecule has 0 heterocycles. The Kier molecular flexibility index (Phi) is 5.71. The number of carbonyl (C=O) groups is 1. The SMILES string of the molecule is CC(C)C(C)(O)CNC(=O)Nc1ccc(S(C)=O)cc1. The molecule has 1 aromatic carbocycles. The molecule has 1 rings (SSSR count). The van der Waals surface area contributed by atoms with E-state index in [1.54, 1.807) is 37.4 Å². The number of urea groups is 1. The second-order valence-electron chi connectivity index (χ2n) is 5.30. The third-order valence-corrected chi connectivity index (χ3v) is 4.23. The summed E-state index contributed by atoms with van der Waals surface area (Å²) in [6.45, 7) is 5.64. The second kappa shape index (κ2) is 6.85. The van der Waals surface area contributed by atoms with Gasteiger partial charge < -0.3 is 15.7 Å². The van der Waals surface area contributed by atoms with E-state index in [2.05, 4.69) is 10.6 Å². The fraction of sp³-hybridized carbons (Fsp3) is 0.500. The van der Waals surface area contributed by atoms with Crippen LogP contribution in [0.1, 0.15) is 20.8 Å². The second-order valence-corrected chi connectivity index (χ2v) is 6.68. The van der Waals surface area contributed by atoms with E-state index < -0.39 is 16.4 Å². The quantitative estimate of drug-likeness (QED) is 0.777. The van der Waals surface area contributed by atoms with Gasteiger partial charge in [0.25, 0.3) is 0 Å². The van der Waals surface area contributed by atoms with Crippen molar-refractivity contribution in [2.75, 3.05) is 18.1 Å². The van der Waals surface area contributed by atoms with E-state index in [0.717, 1.165) is 0 Å². The lowest BCUT2D eigenvalue weighted by atomic mass is 9.93. The summed E-state index contributed by atoms with van der Waals surface area (Å²) in [5.41, 5.74) is -0.332. The summed E-state index contributed by atoms with van der Waals surface area (Å²) in [5, 5.41) is 15.3. The van der Waals surface area contributed by atoms with Gasteiger partial charge in [-0.25, -0.2) is 4.79 Å². The molecule has 112 valence electrons. The van der Waals surface area contributed by atoms with E-state index in [-0.39, 0.29) is 18.5 Å².